The van der Waals surface area contributed by atoms with E-state index in [2.05, 4.69) is 10.4 Å². The Morgan fingerprint density at radius 2 is 2.33 bits per heavy atom. The van der Waals surface area contributed by atoms with Gasteiger partial charge in [-0.25, -0.2) is 0 Å². The number of carbonyl (C=O) groups is 1. The number of carbonyl (C=O) groups excluding carboxylic acids is 1. The third-order valence-corrected chi connectivity index (χ3v) is 4.61. The molecule has 116 valence electrons. The van der Waals surface area contributed by atoms with Crippen molar-refractivity contribution in [3.63, 3.8) is 0 Å². The second kappa shape index (κ2) is 6.58. The van der Waals surface area contributed by atoms with E-state index in [4.69, 9.17) is 10.5 Å². The van der Waals surface area contributed by atoms with Gasteiger partial charge in [0.1, 0.15) is 0 Å². The Hall–Kier alpha value is -1.40. The molecule has 6 heteroatoms. The zero-order chi connectivity index (χ0) is 14.7. The van der Waals surface area contributed by atoms with E-state index in [0.717, 1.165) is 50.9 Å². The zero-order valence-electron chi connectivity index (χ0n) is 12.3. The van der Waals surface area contributed by atoms with Crippen LogP contribution in [0.5, 0.6) is 0 Å². The predicted octanol–water partition coefficient (Wildman–Crippen LogP) is 1.38. The van der Waals surface area contributed by atoms with E-state index < -0.39 is 0 Å². The molecule has 21 heavy (non-hydrogen) atoms. The average Bonchev–Trinajstić information content (AvgIpc) is 3.20. The summed E-state index contributed by atoms with van der Waals surface area (Å²) in [5.41, 5.74) is 6.51. The number of rotatable bonds is 5. The van der Waals surface area contributed by atoms with Crippen LogP contribution in [0.25, 0.3) is 0 Å². The highest BCUT2D eigenvalue weighted by molar-refractivity contribution is 5.92. The fourth-order valence-corrected chi connectivity index (χ4v) is 3.42. The molecular formula is C15H24N4O2. The molecule has 3 atom stereocenters. The van der Waals surface area contributed by atoms with Gasteiger partial charge in [0.2, 0.25) is 5.91 Å². The largest absolute Gasteiger partial charge is 0.376 e. The van der Waals surface area contributed by atoms with Gasteiger partial charge in [-0.15, -0.1) is 0 Å². The van der Waals surface area contributed by atoms with Crippen LogP contribution in [0.3, 0.4) is 0 Å². The van der Waals surface area contributed by atoms with Gasteiger partial charge in [-0.1, -0.05) is 6.42 Å². The van der Waals surface area contributed by atoms with Gasteiger partial charge < -0.3 is 15.8 Å². The van der Waals surface area contributed by atoms with E-state index in [-0.39, 0.29) is 17.9 Å². The summed E-state index contributed by atoms with van der Waals surface area (Å²) in [7, 11) is 0. The van der Waals surface area contributed by atoms with Crippen LogP contribution < -0.4 is 11.1 Å². The fourth-order valence-electron chi connectivity index (χ4n) is 3.42. The molecule has 3 unspecified atom stereocenters. The summed E-state index contributed by atoms with van der Waals surface area (Å²) < 4.78 is 7.44. The predicted molar refractivity (Wildman–Crippen MR) is 79.7 cm³/mol. The zero-order valence-corrected chi connectivity index (χ0v) is 12.3. The first kappa shape index (κ1) is 14.5. The molecule has 1 aromatic rings. The van der Waals surface area contributed by atoms with Crippen LogP contribution in [0.1, 0.15) is 32.1 Å². The number of nitrogens with two attached hydrogens (primary N) is 1. The van der Waals surface area contributed by atoms with Gasteiger partial charge in [0.15, 0.2) is 0 Å². The molecule has 1 aromatic heterocycles. The number of nitrogens with zero attached hydrogens (tertiary/aromatic N) is 2. The molecule has 2 fully saturated rings. The monoisotopic (exact) mass is 292 g/mol. The molecule has 2 aliphatic rings. The maximum atomic E-state index is 12.3. The minimum absolute atomic E-state index is 0.0523. The van der Waals surface area contributed by atoms with Gasteiger partial charge in [0, 0.05) is 18.7 Å². The summed E-state index contributed by atoms with van der Waals surface area (Å²) in [6, 6.07) is 0. The summed E-state index contributed by atoms with van der Waals surface area (Å²) in [5, 5.41) is 7.27. The molecule has 2 heterocycles. The lowest BCUT2D eigenvalue weighted by atomic mass is 9.95. The summed E-state index contributed by atoms with van der Waals surface area (Å²) in [6.45, 7) is 2.19. The Labute approximate surface area is 125 Å². The molecule has 3 N–H and O–H groups in total. The van der Waals surface area contributed by atoms with E-state index in [1.807, 2.05) is 10.9 Å². The van der Waals surface area contributed by atoms with Crippen LogP contribution in [0.2, 0.25) is 0 Å². The van der Waals surface area contributed by atoms with Crippen molar-refractivity contribution in [2.45, 2.75) is 44.8 Å². The number of ether oxygens (including phenoxy) is 1. The molecule has 0 bridgehead atoms. The van der Waals surface area contributed by atoms with Crippen molar-refractivity contribution in [3.05, 3.63) is 12.4 Å². The number of amides is 1. The van der Waals surface area contributed by atoms with Gasteiger partial charge in [0.25, 0.3) is 0 Å². The van der Waals surface area contributed by atoms with Crippen LogP contribution >= 0.6 is 0 Å². The normalized spacial score (nSPS) is 28.9. The summed E-state index contributed by atoms with van der Waals surface area (Å²) in [6.07, 6.45) is 9.15. The minimum Gasteiger partial charge on any atom is -0.376 e. The molecule has 1 saturated heterocycles. The molecular weight excluding hydrogens is 268 g/mol. The molecule has 3 rings (SSSR count). The SMILES string of the molecule is NCC1CCCC1C(=O)Nc1cnn(CC2CCCO2)c1. The molecule has 0 spiro atoms. The van der Waals surface area contributed by atoms with Gasteiger partial charge in [-0.3, -0.25) is 9.48 Å². The van der Waals surface area contributed by atoms with Gasteiger partial charge >= 0.3 is 0 Å². The Kier molecular flexibility index (Phi) is 4.55. The van der Waals surface area contributed by atoms with Crippen LogP contribution in [0, 0.1) is 11.8 Å². The highest BCUT2D eigenvalue weighted by Gasteiger charge is 2.32. The van der Waals surface area contributed by atoms with Crippen molar-refractivity contribution in [2.24, 2.45) is 17.6 Å². The summed E-state index contributed by atoms with van der Waals surface area (Å²) in [4.78, 5) is 12.3. The molecule has 1 aliphatic heterocycles. The highest BCUT2D eigenvalue weighted by atomic mass is 16.5. The maximum Gasteiger partial charge on any atom is 0.227 e. The number of anilines is 1. The lowest BCUT2D eigenvalue weighted by molar-refractivity contribution is -0.120. The third kappa shape index (κ3) is 3.44. The lowest BCUT2D eigenvalue weighted by Crippen LogP contribution is -2.29. The van der Waals surface area contributed by atoms with Crippen molar-refractivity contribution in [3.8, 4) is 0 Å². The van der Waals surface area contributed by atoms with Crippen LogP contribution in [0.15, 0.2) is 12.4 Å². The summed E-state index contributed by atoms with van der Waals surface area (Å²) >= 11 is 0. The number of aromatic nitrogens is 2. The van der Waals surface area contributed by atoms with Crippen molar-refractivity contribution in [1.29, 1.82) is 0 Å². The van der Waals surface area contributed by atoms with Crippen molar-refractivity contribution >= 4 is 11.6 Å². The number of nitrogens with one attached hydrogen (secondary N) is 1. The van der Waals surface area contributed by atoms with E-state index in [9.17, 15) is 4.79 Å². The second-order valence-corrected chi connectivity index (χ2v) is 6.11. The van der Waals surface area contributed by atoms with E-state index in [1.165, 1.54) is 0 Å². The Morgan fingerprint density at radius 3 is 3.10 bits per heavy atom. The fraction of sp³-hybridized carbons (Fsp3) is 0.733. The molecule has 1 amide bonds. The highest BCUT2D eigenvalue weighted by Crippen LogP contribution is 2.31. The maximum absolute atomic E-state index is 12.3. The first-order valence-corrected chi connectivity index (χ1v) is 7.91. The van der Waals surface area contributed by atoms with Crippen molar-refractivity contribution in [1.82, 2.24) is 9.78 Å². The first-order valence-electron chi connectivity index (χ1n) is 7.91. The van der Waals surface area contributed by atoms with Gasteiger partial charge in [0.05, 0.1) is 24.5 Å². The van der Waals surface area contributed by atoms with Gasteiger partial charge in [-0.2, -0.15) is 5.10 Å². The van der Waals surface area contributed by atoms with Crippen LogP contribution in [-0.2, 0) is 16.1 Å². The lowest BCUT2D eigenvalue weighted by Gasteiger charge is -2.16. The van der Waals surface area contributed by atoms with E-state index in [1.54, 1.807) is 6.20 Å². The number of hydrogen-bond donors (Lipinski definition) is 2. The quantitative estimate of drug-likeness (QED) is 0.859. The first-order chi connectivity index (χ1) is 10.3. The van der Waals surface area contributed by atoms with E-state index in [0.29, 0.717) is 12.5 Å². The van der Waals surface area contributed by atoms with Crippen LogP contribution in [0.4, 0.5) is 5.69 Å². The molecule has 6 nitrogen and oxygen atoms in total. The number of hydrogen-bond acceptors (Lipinski definition) is 4. The Bertz CT molecular complexity index is 482. The Balaban J connectivity index is 1.55. The van der Waals surface area contributed by atoms with Crippen molar-refractivity contribution < 1.29 is 9.53 Å². The molecule has 0 aromatic carbocycles. The Morgan fingerprint density at radius 1 is 1.43 bits per heavy atom. The van der Waals surface area contributed by atoms with Crippen LogP contribution in [-0.4, -0.2) is 34.9 Å². The topological polar surface area (TPSA) is 82.2 Å². The smallest absolute Gasteiger partial charge is 0.227 e. The summed E-state index contributed by atoms with van der Waals surface area (Å²) in [5.74, 6) is 0.461. The van der Waals surface area contributed by atoms with E-state index >= 15 is 0 Å². The minimum atomic E-state index is 0.0523. The van der Waals surface area contributed by atoms with Gasteiger partial charge in [-0.05, 0) is 38.1 Å². The standard InChI is InChI=1S/C15H24N4O2/c16-7-11-3-1-5-14(11)15(20)18-12-8-17-19(9-12)10-13-4-2-6-21-13/h8-9,11,13-14H,1-7,10,16H2,(H,18,20). The second-order valence-electron chi connectivity index (χ2n) is 6.11. The molecule has 1 aliphatic carbocycles. The molecule has 0 radical (unpaired) electrons. The average molecular weight is 292 g/mol. The third-order valence-electron chi connectivity index (χ3n) is 4.61. The van der Waals surface area contributed by atoms with Crippen molar-refractivity contribution in [2.75, 3.05) is 18.5 Å². The molecule has 1 saturated carbocycles.